The van der Waals surface area contributed by atoms with E-state index in [2.05, 4.69) is 5.32 Å². The van der Waals surface area contributed by atoms with Crippen molar-refractivity contribution in [1.82, 2.24) is 5.32 Å². The van der Waals surface area contributed by atoms with Gasteiger partial charge in [0, 0.05) is 20.0 Å². The summed E-state index contributed by atoms with van der Waals surface area (Å²) < 4.78 is 4.83. The normalized spacial score (nSPS) is 13.9. The van der Waals surface area contributed by atoms with E-state index in [9.17, 15) is 9.90 Å². The fraction of sp³-hybridized carbons (Fsp3) is 0.500. The molecule has 1 amide bonds. The molecule has 2 N–H and O–H groups in total. The Hall–Kier alpha value is -1.39. The van der Waals surface area contributed by atoms with Crippen molar-refractivity contribution < 1.29 is 14.6 Å². The van der Waals surface area contributed by atoms with Gasteiger partial charge in [-0.3, -0.25) is 4.79 Å². The predicted octanol–water partition coefficient (Wildman–Crippen LogP) is 1.13. The molecule has 2 atom stereocenters. The fourth-order valence-electron chi connectivity index (χ4n) is 1.65. The summed E-state index contributed by atoms with van der Waals surface area (Å²) in [6.45, 7) is 2.20. The Kier molecular flexibility index (Phi) is 6.39. The lowest BCUT2D eigenvalue weighted by molar-refractivity contribution is -0.123. The summed E-state index contributed by atoms with van der Waals surface area (Å²) in [5.41, 5.74) is 1.06. The van der Waals surface area contributed by atoms with Crippen LogP contribution in [0.2, 0.25) is 0 Å². The first-order chi connectivity index (χ1) is 8.63. The lowest BCUT2D eigenvalue weighted by Gasteiger charge is -2.20. The lowest BCUT2D eigenvalue weighted by atomic mass is 10.0. The van der Waals surface area contributed by atoms with Gasteiger partial charge in [-0.25, -0.2) is 0 Å². The molecule has 1 aromatic rings. The number of carbonyl (C=O) groups is 1. The van der Waals surface area contributed by atoms with Gasteiger partial charge in [-0.1, -0.05) is 30.3 Å². The summed E-state index contributed by atoms with van der Waals surface area (Å²) in [6.07, 6.45) is 0.268. The van der Waals surface area contributed by atoms with Gasteiger partial charge in [-0.05, 0) is 12.5 Å². The molecule has 0 aromatic heterocycles. The van der Waals surface area contributed by atoms with Crippen molar-refractivity contribution in [3.8, 4) is 0 Å². The summed E-state index contributed by atoms with van der Waals surface area (Å²) in [6, 6.07) is 9.46. The van der Waals surface area contributed by atoms with Gasteiger partial charge in [0.2, 0.25) is 5.91 Å². The highest BCUT2D eigenvalue weighted by Crippen LogP contribution is 2.06. The van der Waals surface area contributed by atoms with Crippen LogP contribution in [0.15, 0.2) is 30.3 Å². The minimum atomic E-state index is -0.584. The van der Waals surface area contributed by atoms with E-state index in [-0.39, 0.29) is 11.9 Å². The molecule has 0 spiro atoms. The molecule has 0 fully saturated rings. The molecule has 0 bridgehead atoms. The molecular weight excluding hydrogens is 230 g/mol. The van der Waals surface area contributed by atoms with E-state index < -0.39 is 6.10 Å². The van der Waals surface area contributed by atoms with Gasteiger partial charge in [0.15, 0.2) is 0 Å². The third kappa shape index (κ3) is 5.29. The van der Waals surface area contributed by atoms with Crippen molar-refractivity contribution in [2.24, 2.45) is 0 Å². The number of methoxy groups -OCH3 is 1. The Bertz CT molecular complexity index is 353. The number of aliphatic hydroxyl groups excluding tert-OH is 1. The van der Waals surface area contributed by atoms with Crippen molar-refractivity contribution in [3.05, 3.63) is 35.9 Å². The zero-order chi connectivity index (χ0) is 13.4. The second-order valence-electron chi connectivity index (χ2n) is 4.36. The maximum absolute atomic E-state index is 11.5. The van der Waals surface area contributed by atoms with Gasteiger partial charge in [-0.2, -0.15) is 0 Å². The molecule has 4 nitrogen and oxygen atoms in total. The van der Waals surface area contributed by atoms with E-state index in [1.54, 1.807) is 14.0 Å². The van der Waals surface area contributed by atoms with Crippen molar-refractivity contribution in [3.63, 3.8) is 0 Å². The first kappa shape index (κ1) is 14.7. The molecular formula is C14H21NO3. The van der Waals surface area contributed by atoms with Crippen LogP contribution in [0.4, 0.5) is 0 Å². The minimum absolute atomic E-state index is 0.100. The Morgan fingerprint density at radius 3 is 2.67 bits per heavy atom. The molecule has 0 heterocycles. The average Bonchev–Trinajstić information content (AvgIpc) is 2.37. The third-order valence-corrected chi connectivity index (χ3v) is 2.79. The second-order valence-corrected chi connectivity index (χ2v) is 4.36. The molecule has 18 heavy (non-hydrogen) atoms. The van der Waals surface area contributed by atoms with E-state index in [1.807, 2.05) is 30.3 Å². The molecule has 0 aliphatic rings. The predicted molar refractivity (Wildman–Crippen MR) is 70.3 cm³/mol. The number of benzene rings is 1. The van der Waals surface area contributed by atoms with Crippen LogP contribution in [-0.4, -0.2) is 36.9 Å². The average molecular weight is 251 g/mol. The van der Waals surface area contributed by atoms with Crippen LogP contribution >= 0.6 is 0 Å². The third-order valence-electron chi connectivity index (χ3n) is 2.79. The van der Waals surface area contributed by atoms with Crippen molar-refractivity contribution in [2.45, 2.75) is 31.9 Å². The van der Waals surface area contributed by atoms with Gasteiger partial charge >= 0.3 is 0 Å². The number of carbonyl (C=O) groups excluding carboxylic acids is 1. The Morgan fingerprint density at radius 2 is 2.06 bits per heavy atom. The SMILES string of the molecule is COCCC(=O)NC(C)C(O)Cc1ccccc1. The fourth-order valence-corrected chi connectivity index (χ4v) is 1.65. The van der Waals surface area contributed by atoms with E-state index in [0.717, 1.165) is 5.56 Å². The zero-order valence-electron chi connectivity index (χ0n) is 10.9. The van der Waals surface area contributed by atoms with Gasteiger partial charge in [0.05, 0.1) is 18.8 Å². The lowest BCUT2D eigenvalue weighted by Crippen LogP contribution is -2.42. The van der Waals surface area contributed by atoms with Crippen LogP contribution < -0.4 is 5.32 Å². The molecule has 1 rings (SSSR count). The minimum Gasteiger partial charge on any atom is -0.391 e. The molecule has 100 valence electrons. The van der Waals surface area contributed by atoms with E-state index in [1.165, 1.54) is 0 Å². The number of hydrogen-bond acceptors (Lipinski definition) is 3. The molecule has 4 heteroatoms. The second kappa shape index (κ2) is 7.84. The smallest absolute Gasteiger partial charge is 0.222 e. The Balaban J connectivity index is 2.37. The monoisotopic (exact) mass is 251 g/mol. The molecule has 0 aliphatic heterocycles. The summed E-state index contributed by atoms with van der Waals surface area (Å²) in [5.74, 6) is -0.100. The van der Waals surface area contributed by atoms with Crippen LogP contribution in [-0.2, 0) is 16.0 Å². The molecule has 2 unspecified atom stereocenters. The highest BCUT2D eigenvalue weighted by Gasteiger charge is 2.16. The largest absolute Gasteiger partial charge is 0.391 e. The summed E-state index contributed by atoms with van der Waals surface area (Å²) in [4.78, 5) is 11.5. The molecule has 0 radical (unpaired) electrons. The van der Waals surface area contributed by atoms with Crippen LogP contribution in [0.25, 0.3) is 0 Å². The molecule has 0 aliphatic carbocycles. The first-order valence-corrected chi connectivity index (χ1v) is 6.13. The summed E-state index contributed by atoms with van der Waals surface area (Å²) in [5, 5.41) is 12.8. The highest BCUT2D eigenvalue weighted by molar-refractivity contribution is 5.76. The summed E-state index contributed by atoms with van der Waals surface area (Å²) in [7, 11) is 1.56. The summed E-state index contributed by atoms with van der Waals surface area (Å²) >= 11 is 0. The topological polar surface area (TPSA) is 58.6 Å². The van der Waals surface area contributed by atoms with Gasteiger partial charge in [0.1, 0.15) is 0 Å². The number of amides is 1. The molecule has 0 saturated carbocycles. The van der Waals surface area contributed by atoms with Gasteiger partial charge < -0.3 is 15.2 Å². The van der Waals surface area contributed by atoms with Crippen LogP contribution in [0.3, 0.4) is 0 Å². The maximum Gasteiger partial charge on any atom is 0.222 e. The zero-order valence-corrected chi connectivity index (χ0v) is 10.9. The maximum atomic E-state index is 11.5. The Morgan fingerprint density at radius 1 is 1.39 bits per heavy atom. The number of ether oxygens (including phenoxy) is 1. The standard InChI is InChI=1S/C14H21NO3/c1-11(15-14(17)8-9-18-2)13(16)10-12-6-4-3-5-7-12/h3-7,11,13,16H,8-10H2,1-2H3,(H,15,17). The van der Waals surface area contributed by atoms with Crippen LogP contribution in [0.1, 0.15) is 18.9 Å². The Labute approximate surface area is 108 Å². The number of aliphatic hydroxyl groups is 1. The van der Waals surface area contributed by atoms with Gasteiger partial charge in [0.25, 0.3) is 0 Å². The van der Waals surface area contributed by atoms with E-state index in [4.69, 9.17) is 4.74 Å². The quantitative estimate of drug-likeness (QED) is 0.764. The number of hydrogen-bond donors (Lipinski definition) is 2. The van der Waals surface area contributed by atoms with E-state index in [0.29, 0.717) is 19.4 Å². The van der Waals surface area contributed by atoms with Crippen molar-refractivity contribution >= 4 is 5.91 Å². The van der Waals surface area contributed by atoms with Crippen LogP contribution in [0, 0.1) is 0 Å². The number of nitrogens with one attached hydrogen (secondary N) is 1. The first-order valence-electron chi connectivity index (χ1n) is 6.13. The van der Waals surface area contributed by atoms with Gasteiger partial charge in [-0.15, -0.1) is 0 Å². The molecule has 0 saturated heterocycles. The molecule has 1 aromatic carbocycles. The number of rotatable bonds is 7. The van der Waals surface area contributed by atoms with Crippen LogP contribution in [0.5, 0.6) is 0 Å². The highest BCUT2D eigenvalue weighted by atomic mass is 16.5. The van der Waals surface area contributed by atoms with Crippen molar-refractivity contribution in [2.75, 3.05) is 13.7 Å². The van der Waals surface area contributed by atoms with E-state index >= 15 is 0 Å². The van der Waals surface area contributed by atoms with Crippen molar-refractivity contribution in [1.29, 1.82) is 0 Å².